The second kappa shape index (κ2) is 8.01. The standard InChI is InChI=1S/C17H21ClN2O/c1-20(2)12-6-9-15-10-11-16(17(18)19-15)21-13-14-7-4-3-5-8-14/h3-5,7-8,10-11H,6,9,12-13H2,1-2H3. The molecule has 0 unspecified atom stereocenters. The molecular formula is C17H21ClN2O. The molecule has 1 aromatic carbocycles. The van der Waals surface area contributed by atoms with E-state index in [1.54, 1.807) is 0 Å². The first-order valence-corrected chi connectivity index (χ1v) is 7.50. The van der Waals surface area contributed by atoms with E-state index in [2.05, 4.69) is 24.0 Å². The number of pyridine rings is 1. The van der Waals surface area contributed by atoms with Crippen LogP contribution in [0.15, 0.2) is 42.5 Å². The minimum Gasteiger partial charge on any atom is -0.486 e. The number of ether oxygens (including phenoxy) is 1. The highest BCUT2D eigenvalue weighted by atomic mass is 35.5. The lowest BCUT2D eigenvalue weighted by Gasteiger charge is -2.10. The van der Waals surface area contributed by atoms with Gasteiger partial charge in [-0.05, 0) is 51.2 Å². The average molecular weight is 305 g/mol. The summed E-state index contributed by atoms with van der Waals surface area (Å²) in [6.45, 7) is 1.55. The van der Waals surface area contributed by atoms with Crippen LogP contribution in [0.2, 0.25) is 5.15 Å². The molecule has 112 valence electrons. The first-order valence-electron chi connectivity index (χ1n) is 7.12. The number of hydrogen-bond donors (Lipinski definition) is 0. The molecule has 0 saturated heterocycles. The smallest absolute Gasteiger partial charge is 0.171 e. The van der Waals surface area contributed by atoms with E-state index in [-0.39, 0.29) is 0 Å². The molecule has 4 heteroatoms. The van der Waals surface area contributed by atoms with Gasteiger partial charge in [0.2, 0.25) is 0 Å². The van der Waals surface area contributed by atoms with Crippen LogP contribution in [-0.2, 0) is 13.0 Å². The minimum absolute atomic E-state index is 0.438. The summed E-state index contributed by atoms with van der Waals surface area (Å²) in [6.07, 6.45) is 2.00. The molecule has 0 amide bonds. The summed E-state index contributed by atoms with van der Waals surface area (Å²) >= 11 is 6.19. The molecule has 3 nitrogen and oxygen atoms in total. The lowest BCUT2D eigenvalue weighted by Crippen LogP contribution is -2.13. The summed E-state index contributed by atoms with van der Waals surface area (Å²) in [5.74, 6) is 0.636. The number of benzene rings is 1. The Kier molecular flexibility index (Phi) is 6.03. The summed E-state index contributed by atoms with van der Waals surface area (Å²) in [5.41, 5.74) is 2.12. The maximum atomic E-state index is 6.19. The van der Waals surface area contributed by atoms with Crippen molar-refractivity contribution in [2.24, 2.45) is 0 Å². The SMILES string of the molecule is CN(C)CCCc1ccc(OCc2ccccc2)c(Cl)n1. The van der Waals surface area contributed by atoms with Gasteiger partial charge in [-0.2, -0.15) is 0 Å². The van der Waals surface area contributed by atoms with Crippen LogP contribution in [0.4, 0.5) is 0 Å². The topological polar surface area (TPSA) is 25.4 Å². The Balaban J connectivity index is 1.90. The van der Waals surface area contributed by atoms with Crippen molar-refractivity contribution in [3.05, 3.63) is 58.9 Å². The largest absolute Gasteiger partial charge is 0.486 e. The molecule has 0 saturated carbocycles. The molecule has 21 heavy (non-hydrogen) atoms. The van der Waals surface area contributed by atoms with Crippen molar-refractivity contribution in [2.75, 3.05) is 20.6 Å². The molecule has 1 aromatic heterocycles. The number of hydrogen-bond acceptors (Lipinski definition) is 3. The Morgan fingerprint density at radius 2 is 1.86 bits per heavy atom. The van der Waals surface area contributed by atoms with E-state index in [0.717, 1.165) is 30.6 Å². The monoisotopic (exact) mass is 304 g/mol. The molecule has 2 aromatic rings. The van der Waals surface area contributed by atoms with E-state index in [1.807, 2.05) is 42.5 Å². The summed E-state index contributed by atoms with van der Waals surface area (Å²) in [4.78, 5) is 6.57. The zero-order chi connectivity index (χ0) is 15.1. The van der Waals surface area contributed by atoms with Gasteiger partial charge in [0.15, 0.2) is 10.9 Å². The molecule has 0 N–H and O–H groups in total. The third-order valence-electron chi connectivity index (χ3n) is 3.15. The van der Waals surface area contributed by atoms with Gasteiger partial charge >= 0.3 is 0 Å². The predicted octanol–water partition coefficient (Wildman–Crippen LogP) is 3.81. The van der Waals surface area contributed by atoms with Gasteiger partial charge < -0.3 is 9.64 Å². The van der Waals surface area contributed by atoms with E-state index >= 15 is 0 Å². The van der Waals surface area contributed by atoms with Gasteiger partial charge in [0.1, 0.15) is 6.61 Å². The number of aromatic nitrogens is 1. The highest BCUT2D eigenvalue weighted by Gasteiger charge is 2.05. The Labute approximate surface area is 131 Å². The second-order valence-electron chi connectivity index (χ2n) is 5.27. The van der Waals surface area contributed by atoms with Crippen LogP contribution in [0.1, 0.15) is 17.7 Å². The summed E-state index contributed by atoms with van der Waals surface area (Å²) < 4.78 is 5.72. The highest BCUT2D eigenvalue weighted by molar-refractivity contribution is 6.30. The quantitative estimate of drug-likeness (QED) is 0.727. The second-order valence-corrected chi connectivity index (χ2v) is 5.63. The first kappa shape index (κ1) is 15.8. The molecule has 0 aliphatic heterocycles. The molecule has 0 aliphatic carbocycles. The van der Waals surface area contributed by atoms with E-state index in [9.17, 15) is 0 Å². The van der Waals surface area contributed by atoms with Gasteiger partial charge in [-0.1, -0.05) is 41.9 Å². The predicted molar refractivity (Wildman–Crippen MR) is 86.9 cm³/mol. The number of aryl methyl sites for hydroxylation is 1. The molecule has 1 heterocycles. The normalized spacial score (nSPS) is 10.9. The van der Waals surface area contributed by atoms with Crippen LogP contribution >= 0.6 is 11.6 Å². The van der Waals surface area contributed by atoms with Crippen molar-refractivity contribution in [1.82, 2.24) is 9.88 Å². The summed E-state index contributed by atoms with van der Waals surface area (Å²) in [5, 5.41) is 0.438. The molecule has 2 rings (SSSR count). The van der Waals surface area contributed by atoms with Crippen molar-refractivity contribution in [3.8, 4) is 5.75 Å². The van der Waals surface area contributed by atoms with Crippen LogP contribution in [0.3, 0.4) is 0 Å². The van der Waals surface area contributed by atoms with Gasteiger partial charge in [-0.3, -0.25) is 0 Å². The fraction of sp³-hybridized carbons (Fsp3) is 0.353. The molecular weight excluding hydrogens is 284 g/mol. The number of nitrogens with zero attached hydrogens (tertiary/aromatic N) is 2. The van der Waals surface area contributed by atoms with Crippen molar-refractivity contribution >= 4 is 11.6 Å². The van der Waals surface area contributed by atoms with Crippen LogP contribution in [0.25, 0.3) is 0 Å². The third-order valence-corrected chi connectivity index (χ3v) is 3.42. The van der Waals surface area contributed by atoms with Gasteiger partial charge in [0, 0.05) is 5.69 Å². The Hall–Kier alpha value is -1.58. The Bertz CT molecular complexity index is 558. The minimum atomic E-state index is 0.438. The molecule has 0 fully saturated rings. The van der Waals surface area contributed by atoms with Crippen molar-refractivity contribution < 1.29 is 4.74 Å². The summed E-state index contributed by atoms with van der Waals surface area (Å²) in [6, 6.07) is 13.9. The van der Waals surface area contributed by atoms with Gasteiger partial charge in [-0.15, -0.1) is 0 Å². The molecule has 0 aliphatic rings. The zero-order valence-electron chi connectivity index (χ0n) is 12.6. The van der Waals surface area contributed by atoms with Crippen molar-refractivity contribution in [1.29, 1.82) is 0 Å². The first-order chi connectivity index (χ1) is 10.1. The maximum Gasteiger partial charge on any atom is 0.171 e. The Morgan fingerprint density at radius 1 is 1.10 bits per heavy atom. The van der Waals surface area contributed by atoms with Gasteiger partial charge in [0.05, 0.1) is 0 Å². The van der Waals surface area contributed by atoms with E-state index in [0.29, 0.717) is 17.5 Å². The lowest BCUT2D eigenvalue weighted by atomic mass is 10.2. The molecule has 0 atom stereocenters. The van der Waals surface area contributed by atoms with Crippen LogP contribution in [0, 0.1) is 0 Å². The molecule has 0 radical (unpaired) electrons. The number of halogens is 1. The van der Waals surface area contributed by atoms with Gasteiger partial charge in [0.25, 0.3) is 0 Å². The highest BCUT2D eigenvalue weighted by Crippen LogP contribution is 2.23. The van der Waals surface area contributed by atoms with E-state index in [4.69, 9.17) is 16.3 Å². The van der Waals surface area contributed by atoms with Crippen LogP contribution < -0.4 is 4.74 Å². The lowest BCUT2D eigenvalue weighted by molar-refractivity contribution is 0.305. The molecule has 0 spiro atoms. The zero-order valence-corrected chi connectivity index (χ0v) is 13.3. The van der Waals surface area contributed by atoms with Crippen molar-refractivity contribution in [3.63, 3.8) is 0 Å². The van der Waals surface area contributed by atoms with Gasteiger partial charge in [-0.25, -0.2) is 4.98 Å². The molecule has 0 bridgehead atoms. The third kappa shape index (κ3) is 5.37. The summed E-state index contributed by atoms with van der Waals surface area (Å²) in [7, 11) is 4.14. The van der Waals surface area contributed by atoms with Crippen LogP contribution in [0.5, 0.6) is 5.75 Å². The van der Waals surface area contributed by atoms with E-state index < -0.39 is 0 Å². The Morgan fingerprint density at radius 3 is 2.52 bits per heavy atom. The average Bonchev–Trinajstić information content (AvgIpc) is 2.47. The fourth-order valence-electron chi connectivity index (χ4n) is 2.02. The van der Waals surface area contributed by atoms with Crippen LogP contribution in [-0.4, -0.2) is 30.5 Å². The maximum absolute atomic E-state index is 6.19. The van der Waals surface area contributed by atoms with Crippen molar-refractivity contribution in [2.45, 2.75) is 19.4 Å². The fourth-order valence-corrected chi connectivity index (χ4v) is 2.24. The van der Waals surface area contributed by atoms with E-state index in [1.165, 1.54) is 0 Å². The number of rotatable bonds is 7.